The van der Waals surface area contributed by atoms with Gasteiger partial charge in [-0.3, -0.25) is 0 Å². The van der Waals surface area contributed by atoms with Crippen molar-refractivity contribution in [2.45, 2.75) is 97.8 Å². The van der Waals surface area contributed by atoms with Crippen molar-refractivity contribution >= 4 is 67.1 Å². The number of rotatable bonds is 9. The molecule has 338 valence electrons. The molecule has 8 aromatic carbocycles. The third-order valence-electron chi connectivity index (χ3n) is 13.6. The fourth-order valence-electron chi connectivity index (χ4n) is 9.63. The first-order chi connectivity index (χ1) is 31.8. The lowest BCUT2D eigenvalue weighted by atomic mass is 9.82. The van der Waals surface area contributed by atoms with E-state index in [4.69, 9.17) is 0 Å². The zero-order valence-corrected chi connectivity index (χ0v) is 42.7. The van der Waals surface area contributed by atoms with E-state index in [9.17, 15) is 0 Å². The molecule has 9 rings (SSSR count). The smallest absolute Gasteiger partial charge is 0.0657 e. The minimum absolute atomic E-state index is 0.0229. The molecular weight excluding hydrogens is 879 g/mol. The summed E-state index contributed by atoms with van der Waals surface area (Å²) in [5.74, 6) is 0. The summed E-state index contributed by atoms with van der Waals surface area (Å²) in [5.41, 5.74) is 18.5. The summed E-state index contributed by atoms with van der Waals surface area (Å²) in [4.78, 5) is 7.26. The third kappa shape index (κ3) is 8.85. The van der Waals surface area contributed by atoms with Gasteiger partial charge in [-0.25, -0.2) is 0 Å². The molecule has 0 spiro atoms. The van der Waals surface area contributed by atoms with Gasteiger partial charge >= 0.3 is 0 Å². The van der Waals surface area contributed by atoms with Crippen molar-refractivity contribution in [3.05, 3.63) is 220 Å². The molecule has 67 heavy (non-hydrogen) atoms. The van der Waals surface area contributed by atoms with E-state index in [2.05, 4.69) is 295 Å². The first-order valence-electron chi connectivity index (χ1n) is 23.7. The number of anilines is 9. The van der Waals surface area contributed by atoms with Crippen molar-refractivity contribution in [1.29, 1.82) is 0 Å². The zero-order valence-electron chi connectivity index (χ0n) is 41.1. The molecule has 0 heterocycles. The lowest BCUT2D eigenvalue weighted by molar-refractivity contribution is 0.589. The van der Waals surface area contributed by atoms with Crippen molar-refractivity contribution in [1.82, 2.24) is 0 Å². The molecule has 1 aliphatic rings. The Balaban J connectivity index is 1.32. The third-order valence-corrected chi connectivity index (χ3v) is 14.4. The highest BCUT2D eigenvalue weighted by atomic mass is 79.9. The van der Waals surface area contributed by atoms with E-state index in [1.165, 1.54) is 38.9 Å². The number of halogens is 1. The Hall–Kier alpha value is -6.36. The Bertz CT molecular complexity index is 2940. The quantitative estimate of drug-likeness (QED) is 0.143. The van der Waals surface area contributed by atoms with Crippen LogP contribution in [0.15, 0.2) is 193 Å². The Morgan fingerprint density at radius 2 is 0.701 bits per heavy atom. The topological polar surface area (TPSA) is 9.72 Å². The van der Waals surface area contributed by atoms with Crippen LogP contribution in [-0.4, -0.2) is 0 Å². The Labute approximate surface area is 408 Å². The fraction of sp³-hybridized carbons (Fsp3) is 0.238. The second kappa shape index (κ2) is 17.4. The Kier molecular flexibility index (Phi) is 11.9. The van der Waals surface area contributed by atoms with Gasteiger partial charge in [-0.1, -0.05) is 173 Å². The fourth-order valence-corrected chi connectivity index (χ4v) is 10.2. The monoisotopic (exact) mass is 941 g/mol. The molecule has 4 heteroatoms. The van der Waals surface area contributed by atoms with E-state index >= 15 is 0 Å². The lowest BCUT2D eigenvalue weighted by Crippen LogP contribution is -2.20. The minimum Gasteiger partial charge on any atom is -0.310 e. The van der Waals surface area contributed by atoms with Gasteiger partial charge < -0.3 is 14.7 Å². The highest BCUT2D eigenvalue weighted by molar-refractivity contribution is 9.10. The molecule has 0 amide bonds. The van der Waals surface area contributed by atoms with Gasteiger partial charge in [0.25, 0.3) is 0 Å². The Morgan fingerprint density at radius 1 is 0.328 bits per heavy atom. The van der Waals surface area contributed by atoms with Gasteiger partial charge in [-0.2, -0.15) is 0 Å². The SMILES string of the molecule is CC(C)(C)c1ccc(N(c2ccc(C(C)(C)C)cc2)c2cc(C(C)(C)C)cc(N(c3cccc(N(c4ccccc4)c4ccccc4)c3)c3ccc4c(c3)C(C)(C)c3ccccc3-4)c2Br)cc1. The molecule has 0 radical (unpaired) electrons. The average molecular weight is 943 g/mol. The minimum atomic E-state index is -0.186. The van der Waals surface area contributed by atoms with E-state index in [1.807, 2.05) is 0 Å². The first kappa shape index (κ1) is 45.8. The summed E-state index contributed by atoms with van der Waals surface area (Å²) in [6.45, 7) is 25.4. The highest BCUT2D eigenvalue weighted by Crippen LogP contribution is 2.54. The van der Waals surface area contributed by atoms with E-state index in [1.54, 1.807) is 0 Å². The van der Waals surface area contributed by atoms with Gasteiger partial charge in [0.15, 0.2) is 0 Å². The van der Waals surface area contributed by atoms with Crippen LogP contribution in [0.4, 0.5) is 51.2 Å². The second-order valence-electron chi connectivity index (χ2n) is 21.8. The number of fused-ring (bicyclic) bond motifs is 3. The van der Waals surface area contributed by atoms with Crippen molar-refractivity contribution in [2.75, 3.05) is 14.7 Å². The van der Waals surface area contributed by atoms with Gasteiger partial charge in [0.1, 0.15) is 0 Å². The molecule has 0 fully saturated rings. The van der Waals surface area contributed by atoms with Crippen LogP contribution in [0.2, 0.25) is 0 Å². The van der Waals surface area contributed by atoms with Crippen LogP contribution in [0.25, 0.3) is 11.1 Å². The van der Waals surface area contributed by atoms with Gasteiger partial charge in [0.05, 0.1) is 15.8 Å². The maximum atomic E-state index is 4.40. The number of para-hydroxylation sites is 2. The average Bonchev–Trinajstić information content (AvgIpc) is 3.53. The zero-order chi connectivity index (χ0) is 47.5. The number of benzene rings is 8. The molecule has 0 N–H and O–H groups in total. The van der Waals surface area contributed by atoms with E-state index in [0.717, 1.165) is 55.7 Å². The van der Waals surface area contributed by atoms with E-state index in [0.29, 0.717) is 0 Å². The summed E-state index contributed by atoms with van der Waals surface area (Å²) < 4.78 is 0.997. The van der Waals surface area contributed by atoms with Gasteiger partial charge in [0, 0.05) is 45.2 Å². The van der Waals surface area contributed by atoms with E-state index in [-0.39, 0.29) is 21.7 Å². The van der Waals surface area contributed by atoms with Crippen LogP contribution in [0, 0.1) is 0 Å². The standard InChI is InChI=1S/C63H64BrN3/c1-60(2,3)43-29-33-48(34-30-43)66(49-35-31-44(32-36-49)61(4,5)6)57-39-45(62(7,8)9)40-58(59(57)64)67(52-37-38-54-53-27-18-19-28-55(53)63(10,11)56(54)42-52)51-26-20-25-50(41-51)65(46-21-14-12-15-22-46)47-23-16-13-17-24-47/h12-42H,1-11H3. The maximum absolute atomic E-state index is 4.40. The number of hydrogen-bond donors (Lipinski definition) is 0. The number of hydrogen-bond acceptors (Lipinski definition) is 3. The first-order valence-corrected chi connectivity index (χ1v) is 24.5. The molecule has 8 aromatic rings. The largest absolute Gasteiger partial charge is 0.310 e. The predicted molar refractivity (Wildman–Crippen MR) is 292 cm³/mol. The molecule has 0 aliphatic heterocycles. The lowest BCUT2D eigenvalue weighted by Gasteiger charge is -2.35. The summed E-state index contributed by atoms with van der Waals surface area (Å²) in [6, 6.07) is 69.5. The van der Waals surface area contributed by atoms with Crippen molar-refractivity contribution < 1.29 is 0 Å². The van der Waals surface area contributed by atoms with Crippen LogP contribution < -0.4 is 14.7 Å². The molecule has 0 saturated heterocycles. The summed E-state index contributed by atoms with van der Waals surface area (Å²) in [5, 5.41) is 0. The molecule has 0 atom stereocenters. The maximum Gasteiger partial charge on any atom is 0.0657 e. The summed E-state index contributed by atoms with van der Waals surface area (Å²) in [6.07, 6.45) is 0. The molecule has 0 bridgehead atoms. The van der Waals surface area contributed by atoms with Crippen LogP contribution in [0.3, 0.4) is 0 Å². The van der Waals surface area contributed by atoms with Crippen LogP contribution in [0.1, 0.15) is 104 Å². The molecular formula is C63H64BrN3. The highest BCUT2D eigenvalue weighted by Gasteiger charge is 2.36. The van der Waals surface area contributed by atoms with Gasteiger partial charge in [0.2, 0.25) is 0 Å². The van der Waals surface area contributed by atoms with Gasteiger partial charge in [-0.15, -0.1) is 0 Å². The van der Waals surface area contributed by atoms with Crippen molar-refractivity contribution in [2.24, 2.45) is 0 Å². The van der Waals surface area contributed by atoms with Crippen molar-refractivity contribution in [3.63, 3.8) is 0 Å². The predicted octanol–water partition coefficient (Wildman–Crippen LogP) is 19.1. The van der Waals surface area contributed by atoms with Crippen LogP contribution in [-0.2, 0) is 21.7 Å². The normalized spacial score (nSPS) is 13.2. The van der Waals surface area contributed by atoms with Gasteiger partial charge in [-0.05, 0) is 162 Å². The Morgan fingerprint density at radius 3 is 1.19 bits per heavy atom. The summed E-state index contributed by atoms with van der Waals surface area (Å²) in [7, 11) is 0. The second-order valence-corrected chi connectivity index (χ2v) is 22.6. The number of nitrogens with zero attached hydrogens (tertiary/aromatic N) is 3. The molecule has 1 aliphatic carbocycles. The van der Waals surface area contributed by atoms with Crippen molar-refractivity contribution in [3.8, 4) is 11.1 Å². The van der Waals surface area contributed by atoms with Crippen LogP contribution in [0.5, 0.6) is 0 Å². The summed E-state index contributed by atoms with van der Waals surface area (Å²) >= 11 is 4.40. The van der Waals surface area contributed by atoms with E-state index < -0.39 is 0 Å². The molecule has 3 nitrogen and oxygen atoms in total. The molecule has 0 unspecified atom stereocenters. The molecule has 0 aromatic heterocycles. The van der Waals surface area contributed by atoms with Crippen LogP contribution >= 0.6 is 15.9 Å². The molecule has 0 saturated carbocycles.